The second kappa shape index (κ2) is 5.81. The van der Waals surface area contributed by atoms with Crippen molar-refractivity contribution in [1.29, 1.82) is 0 Å². The summed E-state index contributed by atoms with van der Waals surface area (Å²) in [5.74, 6) is -0.290. The summed E-state index contributed by atoms with van der Waals surface area (Å²) in [6, 6.07) is 7.01. The first-order chi connectivity index (χ1) is 9.11. The smallest absolute Gasteiger partial charge is 0.275 e. The molecule has 7 heteroatoms. The van der Waals surface area contributed by atoms with Crippen LogP contribution in [0, 0.1) is 0 Å². The average Bonchev–Trinajstić information content (AvgIpc) is 2.87. The molecule has 0 aliphatic rings. The number of rotatable bonds is 4. The van der Waals surface area contributed by atoms with Gasteiger partial charge in [-0.1, -0.05) is 17.7 Å². The van der Waals surface area contributed by atoms with E-state index in [1.165, 1.54) is 15.9 Å². The molecule has 0 radical (unpaired) electrons. The van der Waals surface area contributed by atoms with Crippen molar-refractivity contribution in [3.8, 4) is 5.69 Å². The molecule has 0 aliphatic heterocycles. The van der Waals surface area contributed by atoms with Crippen LogP contribution >= 0.6 is 11.6 Å². The van der Waals surface area contributed by atoms with Gasteiger partial charge in [0.1, 0.15) is 0 Å². The summed E-state index contributed by atoms with van der Waals surface area (Å²) in [6.07, 6.45) is 1.39. The maximum atomic E-state index is 11.9. The SMILES string of the molecule is CN(CCO)C(=O)c1cnn(-c2cccc(Cl)c2)n1. The maximum absolute atomic E-state index is 11.9. The number of amides is 1. The lowest BCUT2D eigenvalue weighted by atomic mass is 10.3. The van der Waals surface area contributed by atoms with E-state index in [1.807, 2.05) is 0 Å². The van der Waals surface area contributed by atoms with E-state index >= 15 is 0 Å². The Labute approximate surface area is 115 Å². The highest BCUT2D eigenvalue weighted by atomic mass is 35.5. The molecule has 19 heavy (non-hydrogen) atoms. The Bertz CT molecular complexity index is 585. The maximum Gasteiger partial charge on any atom is 0.275 e. The second-order valence-electron chi connectivity index (χ2n) is 3.95. The normalized spacial score (nSPS) is 10.5. The van der Waals surface area contributed by atoms with E-state index in [9.17, 15) is 4.79 Å². The molecule has 6 nitrogen and oxygen atoms in total. The van der Waals surface area contributed by atoms with Crippen LogP contribution in [0.4, 0.5) is 0 Å². The van der Waals surface area contributed by atoms with Gasteiger partial charge in [-0.3, -0.25) is 4.79 Å². The number of carbonyl (C=O) groups excluding carboxylic acids is 1. The Morgan fingerprint density at radius 3 is 3.00 bits per heavy atom. The van der Waals surface area contributed by atoms with Crippen LogP contribution in [0.2, 0.25) is 5.02 Å². The van der Waals surface area contributed by atoms with Gasteiger partial charge in [-0.15, -0.1) is 5.10 Å². The first-order valence-electron chi connectivity index (χ1n) is 5.66. The lowest BCUT2D eigenvalue weighted by molar-refractivity contribution is 0.0760. The van der Waals surface area contributed by atoms with Gasteiger partial charge in [0.15, 0.2) is 5.69 Å². The lowest BCUT2D eigenvalue weighted by Gasteiger charge is -2.13. The van der Waals surface area contributed by atoms with Gasteiger partial charge in [-0.2, -0.15) is 9.90 Å². The number of likely N-dealkylation sites (N-methyl/N-ethyl adjacent to an activating group) is 1. The Kier molecular flexibility index (Phi) is 4.13. The number of nitrogens with zero attached hydrogens (tertiary/aromatic N) is 4. The van der Waals surface area contributed by atoms with Crippen molar-refractivity contribution in [2.45, 2.75) is 0 Å². The molecule has 1 aromatic carbocycles. The van der Waals surface area contributed by atoms with Crippen LogP contribution < -0.4 is 0 Å². The monoisotopic (exact) mass is 280 g/mol. The van der Waals surface area contributed by atoms with Gasteiger partial charge in [-0.25, -0.2) is 0 Å². The fourth-order valence-electron chi connectivity index (χ4n) is 1.53. The van der Waals surface area contributed by atoms with E-state index in [4.69, 9.17) is 16.7 Å². The van der Waals surface area contributed by atoms with E-state index in [0.717, 1.165) is 0 Å². The first-order valence-corrected chi connectivity index (χ1v) is 6.04. The minimum atomic E-state index is -0.290. The van der Waals surface area contributed by atoms with Crippen molar-refractivity contribution < 1.29 is 9.90 Å². The molecule has 100 valence electrons. The molecular formula is C12H13ClN4O2. The Morgan fingerprint density at radius 2 is 2.32 bits per heavy atom. The molecule has 1 aromatic heterocycles. The predicted octanol–water partition coefficient (Wildman–Crippen LogP) is 0.985. The molecule has 1 heterocycles. The van der Waals surface area contributed by atoms with Crippen LogP contribution in [-0.2, 0) is 0 Å². The number of aliphatic hydroxyl groups is 1. The Hall–Kier alpha value is -1.92. The number of aromatic nitrogens is 3. The van der Waals surface area contributed by atoms with E-state index in [-0.39, 0.29) is 24.8 Å². The third-order valence-corrected chi connectivity index (χ3v) is 2.77. The summed E-state index contributed by atoms with van der Waals surface area (Å²) in [7, 11) is 1.59. The van der Waals surface area contributed by atoms with Crippen molar-refractivity contribution >= 4 is 17.5 Å². The van der Waals surface area contributed by atoms with Crippen LogP contribution in [0.1, 0.15) is 10.5 Å². The lowest BCUT2D eigenvalue weighted by Crippen LogP contribution is -2.29. The van der Waals surface area contributed by atoms with Crippen molar-refractivity contribution in [2.75, 3.05) is 20.2 Å². The van der Waals surface area contributed by atoms with E-state index in [1.54, 1.807) is 31.3 Å². The number of benzene rings is 1. The standard InChI is InChI=1S/C12H13ClN4O2/c1-16(5-6-18)12(19)11-8-14-17(15-11)10-4-2-3-9(13)7-10/h2-4,7-8,18H,5-6H2,1H3. The summed E-state index contributed by atoms with van der Waals surface area (Å²) in [5.41, 5.74) is 0.896. The number of hydrogen-bond donors (Lipinski definition) is 1. The Morgan fingerprint density at radius 1 is 1.53 bits per heavy atom. The molecule has 0 fully saturated rings. The summed E-state index contributed by atoms with van der Waals surface area (Å²) in [4.78, 5) is 14.6. The molecule has 1 N–H and O–H groups in total. The molecule has 1 amide bonds. The van der Waals surface area contributed by atoms with Crippen LogP contribution in [0.25, 0.3) is 5.69 Å². The molecule has 0 spiro atoms. The molecule has 0 aliphatic carbocycles. The number of carbonyl (C=O) groups is 1. The molecule has 0 unspecified atom stereocenters. The van der Waals surface area contributed by atoms with E-state index < -0.39 is 0 Å². The van der Waals surface area contributed by atoms with Gasteiger partial charge < -0.3 is 10.0 Å². The Balaban J connectivity index is 2.22. The fourth-order valence-corrected chi connectivity index (χ4v) is 1.72. The van der Waals surface area contributed by atoms with Gasteiger partial charge in [0, 0.05) is 18.6 Å². The highest BCUT2D eigenvalue weighted by Crippen LogP contribution is 2.13. The zero-order valence-corrected chi connectivity index (χ0v) is 11.1. The van der Waals surface area contributed by atoms with E-state index in [2.05, 4.69) is 10.2 Å². The van der Waals surface area contributed by atoms with Crippen LogP contribution in [0.5, 0.6) is 0 Å². The van der Waals surface area contributed by atoms with Gasteiger partial charge in [-0.05, 0) is 18.2 Å². The van der Waals surface area contributed by atoms with Crippen LogP contribution in [-0.4, -0.2) is 51.1 Å². The molecule has 0 saturated carbocycles. The quantitative estimate of drug-likeness (QED) is 0.906. The zero-order chi connectivity index (χ0) is 13.8. The number of hydrogen-bond acceptors (Lipinski definition) is 4. The molecule has 0 saturated heterocycles. The minimum Gasteiger partial charge on any atom is -0.395 e. The van der Waals surface area contributed by atoms with Gasteiger partial charge in [0.2, 0.25) is 0 Å². The minimum absolute atomic E-state index is 0.0926. The van der Waals surface area contributed by atoms with Crippen LogP contribution in [0.3, 0.4) is 0 Å². The number of halogens is 1. The fraction of sp³-hybridized carbons (Fsp3) is 0.250. The number of aliphatic hydroxyl groups excluding tert-OH is 1. The molecule has 2 rings (SSSR count). The zero-order valence-electron chi connectivity index (χ0n) is 10.3. The average molecular weight is 281 g/mol. The molecule has 2 aromatic rings. The summed E-state index contributed by atoms with van der Waals surface area (Å²) >= 11 is 5.88. The van der Waals surface area contributed by atoms with Gasteiger partial charge in [0.25, 0.3) is 5.91 Å². The highest BCUT2D eigenvalue weighted by molar-refractivity contribution is 6.30. The van der Waals surface area contributed by atoms with Crippen molar-refractivity contribution in [2.24, 2.45) is 0 Å². The summed E-state index contributed by atoms with van der Waals surface area (Å²) < 4.78 is 0. The molecule has 0 atom stereocenters. The van der Waals surface area contributed by atoms with Crippen molar-refractivity contribution in [3.63, 3.8) is 0 Å². The van der Waals surface area contributed by atoms with Gasteiger partial charge in [0.05, 0.1) is 18.5 Å². The van der Waals surface area contributed by atoms with Gasteiger partial charge >= 0.3 is 0 Å². The largest absolute Gasteiger partial charge is 0.395 e. The molecule has 0 bridgehead atoms. The molecular weight excluding hydrogens is 268 g/mol. The van der Waals surface area contributed by atoms with Crippen molar-refractivity contribution in [3.05, 3.63) is 41.2 Å². The predicted molar refractivity (Wildman–Crippen MR) is 70.4 cm³/mol. The summed E-state index contributed by atoms with van der Waals surface area (Å²) in [5, 5.41) is 17.5. The second-order valence-corrected chi connectivity index (χ2v) is 4.39. The third-order valence-electron chi connectivity index (χ3n) is 2.53. The highest BCUT2D eigenvalue weighted by Gasteiger charge is 2.15. The third kappa shape index (κ3) is 3.10. The topological polar surface area (TPSA) is 71.2 Å². The van der Waals surface area contributed by atoms with Crippen molar-refractivity contribution in [1.82, 2.24) is 19.9 Å². The van der Waals surface area contributed by atoms with Crippen LogP contribution in [0.15, 0.2) is 30.5 Å². The first kappa shape index (κ1) is 13.5. The van der Waals surface area contributed by atoms with E-state index in [0.29, 0.717) is 10.7 Å². The summed E-state index contributed by atoms with van der Waals surface area (Å²) in [6.45, 7) is 0.160.